The SMILES string of the molecule is CCCNC(C)c1cccc(SCCS(C)(=O)=O)c1. The number of rotatable bonds is 8. The maximum atomic E-state index is 11.1. The summed E-state index contributed by atoms with van der Waals surface area (Å²) in [7, 11) is -2.87. The molecular weight excluding hydrogens is 278 g/mol. The van der Waals surface area contributed by atoms with Gasteiger partial charge in [-0.3, -0.25) is 0 Å². The van der Waals surface area contributed by atoms with Crippen LogP contribution in [0, 0.1) is 0 Å². The van der Waals surface area contributed by atoms with E-state index in [0.29, 0.717) is 11.8 Å². The molecule has 1 unspecified atom stereocenters. The number of nitrogens with one attached hydrogen (secondary N) is 1. The molecule has 0 saturated carbocycles. The molecule has 0 heterocycles. The zero-order valence-electron chi connectivity index (χ0n) is 11.8. The highest BCUT2D eigenvalue weighted by Crippen LogP contribution is 2.22. The number of sulfone groups is 1. The van der Waals surface area contributed by atoms with Crippen molar-refractivity contribution in [1.82, 2.24) is 5.32 Å². The van der Waals surface area contributed by atoms with Gasteiger partial charge in [0.05, 0.1) is 5.75 Å². The molecule has 0 saturated heterocycles. The van der Waals surface area contributed by atoms with Gasteiger partial charge in [-0.2, -0.15) is 0 Å². The highest BCUT2D eigenvalue weighted by Gasteiger charge is 2.06. The van der Waals surface area contributed by atoms with Crippen LogP contribution in [0.15, 0.2) is 29.2 Å². The summed E-state index contributed by atoms with van der Waals surface area (Å²) in [5.41, 5.74) is 1.25. The summed E-state index contributed by atoms with van der Waals surface area (Å²) in [6, 6.07) is 8.63. The Kier molecular flexibility index (Phi) is 6.89. The van der Waals surface area contributed by atoms with Crippen LogP contribution in [0.1, 0.15) is 31.9 Å². The third-order valence-electron chi connectivity index (χ3n) is 2.78. The topological polar surface area (TPSA) is 46.2 Å². The van der Waals surface area contributed by atoms with Crippen LogP contribution in [0.3, 0.4) is 0 Å². The molecule has 0 aromatic heterocycles. The molecular formula is C14H23NO2S2. The average molecular weight is 301 g/mol. The number of hydrogen-bond donors (Lipinski definition) is 1. The highest BCUT2D eigenvalue weighted by atomic mass is 32.2. The highest BCUT2D eigenvalue weighted by molar-refractivity contribution is 8.00. The third kappa shape index (κ3) is 6.99. The predicted octanol–water partition coefficient (Wildman–Crippen LogP) is 2.88. The minimum Gasteiger partial charge on any atom is -0.310 e. The fraction of sp³-hybridized carbons (Fsp3) is 0.571. The number of thioether (sulfide) groups is 1. The lowest BCUT2D eigenvalue weighted by Crippen LogP contribution is -2.19. The van der Waals surface area contributed by atoms with E-state index in [2.05, 4.69) is 31.3 Å². The lowest BCUT2D eigenvalue weighted by molar-refractivity contribution is 0.570. The van der Waals surface area contributed by atoms with E-state index in [1.807, 2.05) is 12.1 Å². The Morgan fingerprint density at radius 1 is 1.37 bits per heavy atom. The van der Waals surface area contributed by atoms with Crippen LogP contribution in [0.4, 0.5) is 0 Å². The van der Waals surface area contributed by atoms with Crippen LogP contribution >= 0.6 is 11.8 Å². The molecule has 0 bridgehead atoms. The fourth-order valence-corrected chi connectivity index (χ4v) is 3.84. The summed E-state index contributed by atoms with van der Waals surface area (Å²) in [6.07, 6.45) is 2.40. The molecule has 0 amide bonds. The van der Waals surface area contributed by atoms with Crippen molar-refractivity contribution in [3.05, 3.63) is 29.8 Å². The summed E-state index contributed by atoms with van der Waals surface area (Å²) in [5.74, 6) is 0.838. The molecule has 5 heteroatoms. The second-order valence-electron chi connectivity index (χ2n) is 4.73. The van der Waals surface area contributed by atoms with Crippen molar-refractivity contribution in [2.75, 3.05) is 24.3 Å². The van der Waals surface area contributed by atoms with Gasteiger partial charge in [0.1, 0.15) is 9.84 Å². The minimum absolute atomic E-state index is 0.228. The van der Waals surface area contributed by atoms with E-state index in [9.17, 15) is 8.42 Å². The van der Waals surface area contributed by atoms with Crippen molar-refractivity contribution in [1.29, 1.82) is 0 Å². The largest absolute Gasteiger partial charge is 0.310 e. The molecule has 0 aliphatic rings. The van der Waals surface area contributed by atoms with Gasteiger partial charge in [0.15, 0.2) is 0 Å². The van der Waals surface area contributed by atoms with E-state index in [0.717, 1.165) is 17.9 Å². The lowest BCUT2D eigenvalue weighted by atomic mass is 10.1. The molecule has 0 aliphatic heterocycles. The van der Waals surface area contributed by atoms with Gasteiger partial charge in [-0.15, -0.1) is 11.8 Å². The van der Waals surface area contributed by atoms with E-state index < -0.39 is 9.84 Å². The van der Waals surface area contributed by atoms with Crippen molar-refractivity contribution >= 4 is 21.6 Å². The second-order valence-corrected chi connectivity index (χ2v) is 8.15. The van der Waals surface area contributed by atoms with Gasteiger partial charge < -0.3 is 5.32 Å². The Hall–Kier alpha value is -0.520. The van der Waals surface area contributed by atoms with Crippen LogP contribution in [0.2, 0.25) is 0 Å². The summed E-state index contributed by atoms with van der Waals surface area (Å²) in [5, 5.41) is 3.45. The van der Waals surface area contributed by atoms with Gasteiger partial charge in [0.25, 0.3) is 0 Å². The molecule has 0 spiro atoms. The van der Waals surface area contributed by atoms with Gasteiger partial charge in [-0.05, 0) is 37.6 Å². The van der Waals surface area contributed by atoms with Crippen molar-refractivity contribution in [3.8, 4) is 0 Å². The zero-order chi connectivity index (χ0) is 14.3. The van der Waals surface area contributed by atoms with Gasteiger partial charge in [0, 0.05) is 22.9 Å². The monoisotopic (exact) mass is 301 g/mol. The molecule has 0 fully saturated rings. The lowest BCUT2D eigenvalue weighted by Gasteiger charge is -2.14. The number of hydrogen-bond acceptors (Lipinski definition) is 4. The van der Waals surface area contributed by atoms with Gasteiger partial charge >= 0.3 is 0 Å². The van der Waals surface area contributed by atoms with Crippen molar-refractivity contribution in [2.24, 2.45) is 0 Å². The van der Waals surface area contributed by atoms with Crippen LogP contribution in [-0.4, -0.2) is 32.7 Å². The predicted molar refractivity (Wildman–Crippen MR) is 83.6 cm³/mol. The van der Waals surface area contributed by atoms with Gasteiger partial charge in [-0.25, -0.2) is 8.42 Å². The smallest absolute Gasteiger partial charge is 0.148 e. The van der Waals surface area contributed by atoms with Gasteiger partial charge in [-0.1, -0.05) is 19.1 Å². The van der Waals surface area contributed by atoms with Gasteiger partial charge in [0.2, 0.25) is 0 Å². The molecule has 3 nitrogen and oxygen atoms in total. The average Bonchev–Trinajstić information content (AvgIpc) is 2.35. The van der Waals surface area contributed by atoms with Crippen LogP contribution < -0.4 is 5.32 Å². The van der Waals surface area contributed by atoms with Crippen molar-refractivity contribution in [3.63, 3.8) is 0 Å². The Morgan fingerprint density at radius 2 is 2.11 bits per heavy atom. The molecule has 1 aromatic carbocycles. The van der Waals surface area contributed by atoms with Crippen LogP contribution in [0.25, 0.3) is 0 Å². The molecule has 1 aromatic rings. The Morgan fingerprint density at radius 3 is 2.74 bits per heavy atom. The first kappa shape index (κ1) is 16.5. The molecule has 0 radical (unpaired) electrons. The first-order valence-electron chi connectivity index (χ1n) is 6.56. The van der Waals surface area contributed by atoms with Crippen molar-refractivity contribution < 1.29 is 8.42 Å². The maximum Gasteiger partial charge on any atom is 0.148 e. The standard InChI is InChI=1S/C14H23NO2S2/c1-4-8-15-12(2)13-6-5-7-14(11-13)18-9-10-19(3,16)17/h5-7,11-12,15H,4,8-10H2,1-3H3. The fourth-order valence-electron chi connectivity index (χ4n) is 1.66. The number of benzene rings is 1. The summed E-state index contributed by atoms with van der Waals surface area (Å²) < 4.78 is 22.2. The van der Waals surface area contributed by atoms with Crippen molar-refractivity contribution in [2.45, 2.75) is 31.2 Å². The summed E-state index contributed by atoms with van der Waals surface area (Å²) in [4.78, 5) is 1.13. The second kappa shape index (κ2) is 7.92. The van der Waals surface area contributed by atoms with E-state index in [1.54, 1.807) is 11.8 Å². The van der Waals surface area contributed by atoms with Crippen LogP contribution in [0.5, 0.6) is 0 Å². The molecule has 1 rings (SSSR count). The normalized spacial score (nSPS) is 13.4. The Balaban J connectivity index is 2.56. The van der Waals surface area contributed by atoms with E-state index >= 15 is 0 Å². The van der Waals surface area contributed by atoms with E-state index in [4.69, 9.17) is 0 Å². The molecule has 19 heavy (non-hydrogen) atoms. The Labute approximate surface area is 121 Å². The zero-order valence-corrected chi connectivity index (χ0v) is 13.5. The van der Waals surface area contributed by atoms with E-state index in [1.165, 1.54) is 11.8 Å². The Bertz CT molecular complexity index is 486. The maximum absolute atomic E-state index is 11.1. The minimum atomic E-state index is -2.87. The molecule has 108 valence electrons. The molecule has 1 N–H and O–H groups in total. The first-order valence-corrected chi connectivity index (χ1v) is 9.61. The van der Waals surface area contributed by atoms with Crippen LogP contribution in [-0.2, 0) is 9.84 Å². The first-order chi connectivity index (χ1) is 8.92. The molecule has 1 atom stereocenters. The third-order valence-corrected chi connectivity index (χ3v) is 4.98. The molecule has 0 aliphatic carbocycles. The van der Waals surface area contributed by atoms with E-state index in [-0.39, 0.29) is 5.75 Å². The quantitative estimate of drug-likeness (QED) is 0.750. The summed E-state index contributed by atoms with van der Waals surface area (Å²) >= 11 is 1.60. The summed E-state index contributed by atoms with van der Waals surface area (Å²) in [6.45, 7) is 5.31.